The van der Waals surface area contributed by atoms with E-state index in [9.17, 15) is 0 Å². The van der Waals surface area contributed by atoms with Crippen LogP contribution in [-0.4, -0.2) is 11.5 Å². The summed E-state index contributed by atoms with van der Waals surface area (Å²) in [7, 11) is 0. The molecule has 2 rings (SSSR count). The van der Waals surface area contributed by atoms with Gasteiger partial charge in [-0.05, 0) is 52.7 Å². The first-order chi connectivity index (χ1) is 9.06. The standard InChI is InChI=1S/C13H12BrClN2S2/c14-12-4-2-9(19-12)5-6-17-8-1-3-10(13(16)18)11(15)7-8/h1-4,7,17H,5-6H2,(H2,16,18). The summed E-state index contributed by atoms with van der Waals surface area (Å²) in [6, 6.07) is 9.81. The zero-order valence-electron chi connectivity index (χ0n) is 9.95. The van der Waals surface area contributed by atoms with Crippen molar-refractivity contribution in [3.8, 4) is 0 Å². The topological polar surface area (TPSA) is 38.0 Å². The van der Waals surface area contributed by atoms with E-state index in [1.54, 1.807) is 11.3 Å². The molecule has 2 aromatic rings. The second-order valence-corrected chi connectivity index (χ2v) is 7.34. The molecule has 2 nitrogen and oxygen atoms in total. The lowest BCUT2D eigenvalue weighted by Gasteiger charge is -2.08. The van der Waals surface area contributed by atoms with Gasteiger partial charge >= 0.3 is 0 Å². The van der Waals surface area contributed by atoms with Crippen molar-refractivity contribution in [2.24, 2.45) is 5.73 Å². The van der Waals surface area contributed by atoms with E-state index in [4.69, 9.17) is 29.6 Å². The third-order valence-electron chi connectivity index (χ3n) is 2.56. The number of rotatable bonds is 5. The van der Waals surface area contributed by atoms with E-state index >= 15 is 0 Å². The Balaban J connectivity index is 1.93. The third-order valence-corrected chi connectivity index (χ3v) is 4.78. The number of anilines is 1. The summed E-state index contributed by atoms with van der Waals surface area (Å²) in [5, 5.41) is 3.91. The van der Waals surface area contributed by atoms with Gasteiger partial charge in [-0.25, -0.2) is 0 Å². The average molecular weight is 376 g/mol. The van der Waals surface area contributed by atoms with Gasteiger partial charge in [0.1, 0.15) is 4.99 Å². The monoisotopic (exact) mass is 374 g/mol. The summed E-state index contributed by atoms with van der Waals surface area (Å²) in [5.74, 6) is 0. The summed E-state index contributed by atoms with van der Waals surface area (Å²) in [5.41, 5.74) is 7.25. The van der Waals surface area contributed by atoms with Gasteiger partial charge in [-0.15, -0.1) is 11.3 Å². The van der Waals surface area contributed by atoms with E-state index in [0.29, 0.717) is 15.6 Å². The lowest BCUT2D eigenvalue weighted by Crippen LogP contribution is -2.10. The molecule has 0 aliphatic carbocycles. The molecule has 6 heteroatoms. The Morgan fingerprint density at radius 2 is 2.16 bits per heavy atom. The maximum atomic E-state index is 6.11. The molecule has 0 fully saturated rings. The molecule has 3 N–H and O–H groups in total. The van der Waals surface area contributed by atoms with Crippen LogP contribution in [0.15, 0.2) is 34.1 Å². The molecular weight excluding hydrogens is 364 g/mol. The molecule has 0 aliphatic heterocycles. The highest BCUT2D eigenvalue weighted by atomic mass is 79.9. The number of hydrogen-bond donors (Lipinski definition) is 2. The molecule has 1 aromatic carbocycles. The number of benzene rings is 1. The Bertz CT molecular complexity index is 598. The highest BCUT2D eigenvalue weighted by Gasteiger charge is 2.04. The average Bonchev–Trinajstić information content (AvgIpc) is 2.75. The van der Waals surface area contributed by atoms with Gasteiger partial charge in [0.2, 0.25) is 0 Å². The van der Waals surface area contributed by atoms with Gasteiger partial charge in [0, 0.05) is 22.7 Å². The first-order valence-corrected chi connectivity index (χ1v) is 8.03. The van der Waals surface area contributed by atoms with Crippen LogP contribution in [0.4, 0.5) is 5.69 Å². The molecule has 19 heavy (non-hydrogen) atoms. The largest absolute Gasteiger partial charge is 0.389 e. The van der Waals surface area contributed by atoms with Crippen LogP contribution in [0.25, 0.3) is 0 Å². The van der Waals surface area contributed by atoms with Crippen molar-refractivity contribution in [1.82, 2.24) is 0 Å². The molecule has 0 bridgehead atoms. The van der Waals surface area contributed by atoms with Gasteiger partial charge in [0.05, 0.1) is 8.81 Å². The normalized spacial score (nSPS) is 10.4. The SMILES string of the molecule is NC(=S)c1ccc(NCCc2ccc(Br)s2)cc1Cl. The Morgan fingerprint density at radius 1 is 1.37 bits per heavy atom. The Morgan fingerprint density at radius 3 is 2.74 bits per heavy atom. The summed E-state index contributed by atoms with van der Waals surface area (Å²) in [6.45, 7) is 0.857. The first kappa shape index (κ1) is 14.8. The molecule has 0 amide bonds. The van der Waals surface area contributed by atoms with E-state index in [1.165, 1.54) is 4.88 Å². The fraction of sp³-hybridized carbons (Fsp3) is 0.154. The molecule has 1 heterocycles. The second-order valence-electron chi connectivity index (χ2n) is 3.94. The lowest BCUT2D eigenvalue weighted by atomic mass is 10.2. The van der Waals surface area contributed by atoms with Crippen molar-refractivity contribution >= 4 is 61.8 Å². The van der Waals surface area contributed by atoms with Crippen LogP contribution < -0.4 is 11.1 Å². The van der Waals surface area contributed by atoms with Crippen molar-refractivity contribution in [2.45, 2.75) is 6.42 Å². The van der Waals surface area contributed by atoms with Crippen molar-refractivity contribution < 1.29 is 0 Å². The predicted octanol–water partition coefficient (Wildman–Crippen LogP) is 4.45. The molecule has 0 saturated carbocycles. The quantitative estimate of drug-likeness (QED) is 0.758. The zero-order valence-corrected chi connectivity index (χ0v) is 13.9. The Kier molecular flexibility index (Phi) is 5.21. The van der Waals surface area contributed by atoms with Gasteiger partial charge in [-0.1, -0.05) is 23.8 Å². The number of nitrogens with one attached hydrogen (secondary N) is 1. The fourth-order valence-corrected chi connectivity index (χ4v) is 3.64. The van der Waals surface area contributed by atoms with Gasteiger partial charge in [0.25, 0.3) is 0 Å². The molecule has 0 aliphatic rings. The maximum Gasteiger partial charge on any atom is 0.105 e. The number of thiophene rings is 1. The first-order valence-electron chi connectivity index (χ1n) is 5.63. The zero-order chi connectivity index (χ0) is 13.8. The number of hydrogen-bond acceptors (Lipinski definition) is 3. The minimum absolute atomic E-state index is 0.319. The van der Waals surface area contributed by atoms with Crippen LogP contribution in [0, 0.1) is 0 Å². The van der Waals surface area contributed by atoms with Crippen LogP contribution in [0.2, 0.25) is 5.02 Å². The van der Waals surface area contributed by atoms with Crippen LogP contribution >= 0.6 is 51.1 Å². The van der Waals surface area contributed by atoms with E-state index < -0.39 is 0 Å². The number of halogens is 2. The third kappa shape index (κ3) is 4.18. The van der Waals surface area contributed by atoms with E-state index in [0.717, 1.165) is 22.4 Å². The van der Waals surface area contributed by atoms with Crippen LogP contribution in [0.1, 0.15) is 10.4 Å². The summed E-state index contributed by atoms with van der Waals surface area (Å²) in [4.78, 5) is 1.66. The van der Waals surface area contributed by atoms with Crippen molar-refractivity contribution in [3.63, 3.8) is 0 Å². The van der Waals surface area contributed by atoms with Crippen LogP contribution in [0.3, 0.4) is 0 Å². The minimum Gasteiger partial charge on any atom is -0.389 e. The highest BCUT2D eigenvalue weighted by Crippen LogP contribution is 2.23. The summed E-state index contributed by atoms with van der Waals surface area (Å²) >= 11 is 16.2. The molecule has 100 valence electrons. The second kappa shape index (κ2) is 6.70. The number of thiocarbonyl (C=S) groups is 1. The minimum atomic E-state index is 0.319. The Hall–Kier alpha value is -0.620. The van der Waals surface area contributed by atoms with E-state index in [2.05, 4.69) is 33.4 Å². The van der Waals surface area contributed by atoms with Crippen molar-refractivity contribution in [2.75, 3.05) is 11.9 Å². The fourth-order valence-electron chi connectivity index (χ4n) is 1.64. The molecular formula is C13H12BrClN2S2. The van der Waals surface area contributed by atoms with Crippen LogP contribution in [0.5, 0.6) is 0 Å². The molecule has 1 aromatic heterocycles. The molecule has 0 unspecified atom stereocenters. The number of nitrogens with two attached hydrogens (primary N) is 1. The van der Waals surface area contributed by atoms with Gasteiger partial charge < -0.3 is 11.1 Å². The summed E-state index contributed by atoms with van der Waals surface area (Å²) < 4.78 is 1.16. The maximum absolute atomic E-state index is 6.11. The predicted molar refractivity (Wildman–Crippen MR) is 91.6 cm³/mol. The Labute approximate surface area is 135 Å². The van der Waals surface area contributed by atoms with Gasteiger partial charge in [0.15, 0.2) is 0 Å². The lowest BCUT2D eigenvalue weighted by molar-refractivity contribution is 1.04. The van der Waals surface area contributed by atoms with Crippen molar-refractivity contribution in [3.05, 3.63) is 49.6 Å². The van der Waals surface area contributed by atoms with Crippen LogP contribution in [-0.2, 0) is 6.42 Å². The van der Waals surface area contributed by atoms with Crippen molar-refractivity contribution in [1.29, 1.82) is 0 Å². The van der Waals surface area contributed by atoms with Gasteiger partial charge in [-0.3, -0.25) is 0 Å². The molecule has 0 saturated heterocycles. The molecule has 0 spiro atoms. The van der Waals surface area contributed by atoms with E-state index in [-0.39, 0.29) is 0 Å². The smallest absolute Gasteiger partial charge is 0.105 e. The highest BCUT2D eigenvalue weighted by molar-refractivity contribution is 9.11. The van der Waals surface area contributed by atoms with E-state index in [1.807, 2.05) is 18.2 Å². The molecule has 0 radical (unpaired) electrons. The van der Waals surface area contributed by atoms with Gasteiger partial charge in [-0.2, -0.15) is 0 Å². The molecule has 0 atom stereocenters. The summed E-state index contributed by atoms with van der Waals surface area (Å²) in [6.07, 6.45) is 0.977.